The van der Waals surface area contributed by atoms with Gasteiger partial charge < -0.3 is 19.6 Å². The van der Waals surface area contributed by atoms with Crippen molar-refractivity contribution in [3.05, 3.63) is 59.6 Å². The van der Waals surface area contributed by atoms with Gasteiger partial charge in [0.1, 0.15) is 17.1 Å². The topological polar surface area (TPSA) is 80.8 Å². The molecule has 3 aromatic heterocycles. The number of nitrogens with zero attached hydrogens (tertiary/aromatic N) is 4. The van der Waals surface area contributed by atoms with Crippen molar-refractivity contribution in [1.82, 2.24) is 24.8 Å². The first-order valence-electron chi connectivity index (χ1n) is 9.73. The summed E-state index contributed by atoms with van der Waals surface area (Å²) < 4.78 is 7.55. The highest BCUT2D eigenvalue weighted by molar-refractivity contribution is 6.33. The molecule has 8 heteroatoms. The number of anilines is 1. The van der Waals surface area contributed by atoms with Crippen LogP contribution in [-0.2, 0) is 13.1 Å². The molecule has 7 nitrogen and oxygen atoms in total. The molecule has 29 heavy (non-hydrogen) atoms. The van der Waals surface area contributed by atoms with Gasteiger partial charge >= 0.3 is 0 Å². The Morgan fingerprint density at radius 2 is 2.14 bits per heavy atom. The highest BCUT2D eigenvalue weighted by Crippen LogP contribution is 2.31. The van der Waals surface area contributed by atoms with Crippen molar-refractivity contribution in [1.29, 1.82) is 0 Å². The van der Waals surface area contributed by atoms with Crippen LogP contribution in [0.1, 0.15) is 12.2 Å². The molecule has 4 heterocycles. The molecule has 2 N–H and O–H groups in total. The van der Waals surface area contributed by atoms with E-state index in [-0.39, 0.29) is 0 Å². The van der Waals surface area contributed by atoms with Gasteiger partial charge in [-0.1, -0.05) is 23.7 Å². The fraction of sp³-hybridized carbons (Fsp3) is 0.286. The molecule has 0 aliphatic carbocycles. The number of benzene rings is 1. The van der Waals surface area contributed by atoms with Crippen LogP contribution in [0.2, 0.25) is 5.02 Å². The monoisotopic (exact) mass is 408 g/mol. The van der Waals surface area contributed by atoms with E-state index in [1.54, 1.807) is 12.5 Å². The van der Waals surface area contributed by atoms with Crippen LogP contribution in [0.15, 0.2) is 53.3 Å². The van der Waals surface area contributed by atoms with Gasteiger partial charge in [-0.05, 0) is 49.7 Å². The normalized spacial score (nSPS) is 16.5. The van der Waals surface area contributed by atoms with Crippen molar-refractivity contribution in [2.45, 2.75) is 19.5 Å². The molecule has 1 fully saturated rings. The Labute approximate surface area is 173 Å². The van der Waals surface area contributed by atoms with E-state index in [9.17, 15) is 0 Å². The predicted molar refractivity (Wildman–Crippen MR) is 113 cm³/mol. The molecule has 5 rings (SSSR count). The Morgan fingerprint density at radius 3 is 2.93 bits per heavy atom. The average molecular weight is 409 g/mol. The Balaban J connectivity index is 1.55. The molecule has 1 aromatic carbocycles. The Hall–Kier alpha value is -2.90. The molecular weight excluding hydrogens is 388 g/mol. The van der Waals surface area contributed by atoms with Crippen molar-refractivity contribution in [2.75, 3.05) is 18.4 Å². The van der Waals surface area contributed by atoms with Crippen molar-refractivity contribution in [3.8, 4) is 11.4 Å². The van der Waals surface area contributed by atoms with Crippen LogP contribution in [-0.4, -0.2) is 32.6 Å². The predicted octanol–water partition coefficient (Wildman–Crippen LogP) is 3.96. The molecule has 0 amide bonds. The standard InChI is InChI=1S/C21H21ClN6O/c22-17-6-2-1-5-16(17)19-26-18-12-25-21(24-11-15-4-3-9-29-15)27-20(18)28(19)13-14-7-8-23-10-14/h1-6,9,12,14,23H,7-8,10-11,13H2,(H,24,25,27). The maximum atomic E-state index is 6.49. The summed E-state index contributed by atoms with van der Waals surface area (Å²) in [5.41, 5.74) is 2.47. The fourth-order valence-electron chi connectivity index (χ4n) is 3.73. The number of fused-ring (bicyclic) bond motifs is 1. The Morgan fingerprint density at radius 1 is 1.21 bits per heavy atom. The molecule has 0 radical (unpaired) electrons. The minimum atomic E-state index is 0.524. The average Bonchev–Trinajstić information content (AvgIpc) is 3.49. The maximum Gasteiger partial charge on any atom is 0.225 e. The van der Waals surface area contributed by atoms with Crippen LogP contribution in [0.4, 0.5) is 5.95 Å². The summed E-state index contributed by atoms with van der Waals surface area (Å²) in [7, 11) is 0. The highest BCUT2D eigenvalue weighted by atomic mass is 35.5. The first-order valence-corrected chi connectivity index (χ1v) is 10.1. The molecule has 1 aliphatic heterocycles. The van der Waals surface area contributed by atoms with Crippen LogP contribution in [0.3, 0.4) is 0 Å². The minimum Gasteiger partial charge on any atom is -0.467 e. The molecule has 4 aromatic rings. The third-order valence-electron chi connectivity index (χ3n) is 5.21. The van der Waals surface area contributed by atoms with Crippen LogP contribution >= 0.6 is 11.6 Å². The molecule has 148 valence electrons. The summed E-state index contributed by atoms with van der Waals surface area (Å²) in [4.78, 5) is 14.0. The summed E-state index contributed by atoms with van der Waals surface area (Å²) in [5.74, 6) is 2.74. The van der Waals surface area contributed by atoms with E-state index in [0.29, 0.717) is 23.4 Å². The second kappa shape index (κ2) is 7.85. The number of hydrogen-bond acceptors (Lipinski definition) is 6. The lowest BCUT2D eigenvalue weighted by atomic mass is 10.1. The number of nitrogens with one attached hydrogen (secondary N) is 2. The summed E-state index contributed by atoms with van der Waals surface area (Å²) in [5, 5.41) is 7.34. The van der Waals surface area contributed by atoms with Gasteiger partial charge in [-0.25, -0.2) is 9.97 Å². The van der Waals surface area contributed by atoms with E-state index in [4.69, 9.17) is 26.0 Å². The van der Waals surface area contributed by atoms with Gasteiger partial charge in [-0.15, -0.1) is 0 Å². The van der Waals surface area contributed by atoms with Crippen LogP contribution in [0, 0.1) is 5.92 Å². The summed E-state index contributed by atoms with van der Waals surface area (Å²) >= 11 is 6.49. The van der Waals surface area contributed by atoms with Gasteiger partial charge in [0.2, 0.25) is 5.95 Å². The van der Waals surface area contributed by atoms with Gasteiger partial charge in [-0.2, -0.15) is 4.98 Å². The van der Waals surface area contributed by atoms with Crippen LogP contribution in [0.5, 0.6) is 0 Å². The molecule has 1 atom stereocenters. The minimum absolute atomic E-state index is 0.524. The zero-order valence-electron chi connectivity index (χ0n) is 15.8. The zero-order valence-corrected chi connectivity index (χ0v) is 16.6. The summed E-state index contributed by atoms with van der Waals surface area (Å²) in [6.07, 6.45) is 4.55. The van der Waals surface area contributed by atoms with E-state index < -0.39 is 0 Å². The highest BCUT2D eigenvalue weighted by Gasteiger charge is 2.22. The molecule has 1 saturated heterocycles. The molecule has 0 spiro atoms. The van der Waals surface area contributed by atoms with E-state index in [0.717, 1.165) is 54.4 Å². The number of halogens is 1. The Bertz CT molecular complexity index is 1120. The third-order valence-corrected chi connectivity index (χ3v) is 5.54. The number of imidazole rings is 1. The van der Waals surface area contributed by atoms with Crippen LogP contribution < -0.4 is 10.6 Å². The van der Waals surface area contributed by atoms with Crippen LogP contribution in [0.25, 0.3) is 22.6 Å². The second-order valence-electron chi connectivity index (χ2n) is 7.22. The lowest BCUT2D eigenvalue weighted by molar-refractivity contribution is 0.490. The SMILES string of the molecule is Clc1ccccc1-c1nc2cnc(NCc3ccco3)nc2n1CC1CCNC1. The van der Waals surface area contributed by atoms with Crippen molar-refractivity contribution >= 4 is 28.7 Å². The van der Waals surface area contributed by atoms with Gasteiger partial charge in [0.25, 0.3) is 0 Å². The molecule has 1 aliphatic rings. The number of aromatic nitrogens is 4. The van der Waals surface area contributed by atoms with E-state index in [1.807, 2.05) is 36.4 Å². The van der Waals surface area contributed by atoms with Crippen molar-refractivity contribution in [2.24, 2.45) is 5.92 Å². The van der Waals surface area contributed by atoms with Gasteiger partial charge in [-0.3, -0.25) is 0 Å². The first-order chi connectivity index (χ1) is 14.3. The molecular formula is C21H21ClN6O. The van der Waals surface area contributed by atoms with E-state index in [1.165, 1.54) is 0 Å². The number of hydrogen-bond donors (Lipinski definition) is 2. The largest absolute Gasteiger partial charge is 0.467 e. The van der Waals surface area contributed by atoms with Gasteiger partial charge in [0.15, 0.2) is 5.65 Å². The zero-order chi connectivity index (χ0) is 19.6. The van der Waals surface area contributed by atoms with Crippen molar-refractivity contribution < 1.29 is 4.42 Å². The summed E-state index contributed by atoms with van der Waals surface area (Å²) in [6.45, 7) is 3.40. The lowest BCUT2D eigenvalue weighted by Gasteiger charge is -2.14. The molecule has 1 unspecified atom stereocenters. The maximum absolute atomic E-state index is 6.49. The second-order valence-corrected chi connectivity index (χ2v) is 7.63. The van der Waals surface area contributed by atoms with E-state index in [2.05, 4.69) is 20.2 Å². The Kier molecular flexibility index (Phi) is 4.91. The van der Waals surface area contributed by atoms with Gasteiger partial charge in [0.05, 0.1) is 24.0 Å². The number of rotatable bonds is 6. The third kappa shape index (κ3) is 3.71. The van der Waals surface area contributed by atoms with E-state index >= 15 is 0 Å². The van der Waals surface area contributed by atoms with Gasteiger partial charge in [0, 0.05) is 12.1 Å². The molecule has 0 bridgehead atoms. The fourth-order valence-corrected chi connectivity index (χ4v) is 3.95. The smallest absolute Gasteiger partial charge is 0.225 e. The molecule has 0 saturated carbocycles. The quantitative estimate of drug-likeness (QED) is 0.502. The van der Waals surface area contributed by atoms with Crippen molar-refractivity contribution in [3.63, 3.8) is 0 Å². The lowest BCUT2D eigenvalue weighted by Crippen LogP contribution is -2.16. The first kappa shape index (κ1) is 18.1. The summed E-state index contributed by atoms with van der Waals surface area (Å²) in [6, 6.07) is 11.6. The number of furan rings is 1.